The van der Waals surface area contributed by atoms with Crippen molar-refractivity contribution in [3.8, 4) is 11.8 Å². The summed E-state index contributed by atoms with van der Waals surface area (Å²) in [5, 5.41) is 8.60. The number of carbonyl (C=O) groups is 1. The predicted molar refractivity (Wildman–Crippen MR) is 56.6 cm³/mol. The van der Waals surface area contributed by atoms with E-state index in [1.807, 2.05) is 0 Å². The summed E-state index contributed by atoms with van der Waals surface area (Å²) in [6, 6.07) is 6.35. The number of nitrogens with two attached hydrogens (primary N) is 1. The molecule has 0 aromatic heterocycles. The third kappa shape index (κ3) is 3.48. The Morgan fingerprint density at radius 1 is 1.36 bits per heavy atom. The first-order valence-corrected chi connectivity index (χ1v) is 3.76. The Labute approximate surface area is 88.3 Å². The first kappa shape index (κ1) is 12.5. The van der Waals surface area contributed by atoms with Crippen LogP contribution in [0.3, 0.4) is 0 Å². The largest absolute Gasteiger partial charge is 0.478 e. The van der Waals surface area contributed by atoms with E-state index in [4.69, 9.17) is 10.8 Å². The molecule has 14 heavy (non-hydrogen) atoms. The minimum absolute atomic E-state index is 0. The lowest BCUT2D eigenvalue weighted by Gasteiger charge is -1.93. The molecule has 1 aromatic rings. The number of hydrogen-bond acceptors (Lipinski definition) is 2. The van der Waals surface area contributed by atoms with Crippen LogP contribution < -0.4 is 5.73 Å². The Balaban J connectivity index is 0.00000169. The number of halogens is 1. The van der Waals surface area contributed by atoms with Crippen molar-refractivity contribution in [2.24, 2.45) is 5.73 Å². The zero-order valence-electron chi connectivity index (χ0n) is 7.36. The molecule has 74 valence electrons. The van der Waals surface area contributed by atoms with Crippen LogP contribution in [0.15, 0.2) is 24.3 Å². The topological polar surface area (TPSA) is 63.3 Å². The van der Waals surface area contributed by atoms with Gasteiger partial charge in [0.15, 0.2) is 0 Å². The zero-order chi connectivity index (χ0) is 9.68. The summed E-state index contributed by atoms with van der Waals surface area (Å²) in [6.45, 7) is 0.306. The van der Waals surface area contributed by atoms with Crippen LogP contribution >= 0.6 is 12.4 Å². The van der Waals surface area contributed by atoms with Gasteiger partial charge in [0.2, 0.25) is 0 Å². The molecule has 0 saturated heterocycles. The van der Waals surface area contributed by atoms with Crippen LogP contribution in [0, 0.1) is 11.8 Å². The van der Waals surface area contributed by atoms with Gasteiger partial charge >= 0.3 is 5.97 Å². The second-order valence-corrected chi connectivity index (χ2v) is 2.39. The van der Waals surface area contributed by atoms with Crippen LogP contribution in [0.4, 0.5) is 0 Å². The molecule has 0 fully saturated rings. The average molecular weight is 212 g/mol. The second-order valence-electron chi connectivity index (χ2n) is 2.39. The van der Waals surface area contributed by atoms with Crippen LogP contribution in [0.5, 0.6) is 0 Å². The molecule has 1 rings (SSSR count). The van der Waals surface area contributed by atoms with Crippen LogP contribution in [-0.4, -0.2) is 17.6 Å². The van der Waals surface area contributed by atoms with Gasteiger partial charge in [0.25, 0.3) is 0 Å². The minimum atomic E-state index is -0.932. The summed E-state index contributed by atoms with van der Waals surface area (Å²) in [5.74, 6) is 4.55. The van der Waals surface area contributed by atoms with Crippen LogP contribution in [0.25, 0.3) is 0 Å². The van der Waals surface area contributed by atoms with E-state index in [0.29, 0.717) is 6.54 Å². The zero-order valence-corrected chi connectivity index (χ0v) is 8.17. The molecule has 0 aliphatic heterocycles. The predicted octanol–water partition coefficient (Wildman–Crippen LogP) is 1.12. The molecule has 0 atom stereocenters. The van der Waals surface area contributed by atoms with Crippen molar-refractivity contribution in [3.05, 3.63) is 35.4 Å². The third-order valence-corrected chi connectivity index (χ3v) is 1.47. The summed E-state index contributed by atoms with van der Waals surface area (Å²) in [4.78, 5) is 10.5. The summed E-state index contributed by atoms with van der Waals surface area (Å²) < 4.78 is 0. The fourth-order valence-electron chi connectivity index (χ4n) is 0.849. The van der Waals surface area contributed by atoms with Gasteiger partial charge in [0.1, 0.15) is 0 Å². The highest BCUT2D eigenvalue weighted by molar-refractivity contribution is 5.87. The molecule has 0 heterocycles. The van der Waals surface area contributed by atoms with Crippen molar-refractivity contribution in [1.29, 1.82) is 0 Å². The molecule has 0 radical (unpaired) electrons. The highest BCUT2D eigenvalue weighted by atomic mass is 35.5. The maximum atomic E-state index is 10.5. The summed E-state index contributed by atoms with van der Waals surface area (Å²) >= 11 is 0. The average Bonchev–Trinajstić information content (AvgIpc) is 2.15. The van der Waals surface area contributed by atoms with Gasteiger partial charge in [-0.2, -0.15) is 0 Å². The Bertz CT molecular complexity index is 362. The molecule has 0 spiro atoms. The van der Waals surface area contributed by atoms with Crippen molar-refractivity contribution in [2.45, 2.75) is 0 Å². The summed E-state index contributed by atoms with van der Waals surface area (Å²) in [6.07, 6.45) is 0. The van der Waals surface area contributed by atoms with Crippen LogP contribution in [-0.2, 0) is 0 Å². The second kappa shape index (κ2) is 6.03. The standard InChI is InChI=1S/C10H9NO2.ClH/c11-7-1-2-8-3-5-9(6-4-8)10(12)13;/h3-6H,7,11H2,(H,12,13);1H. The highest BCUT2D eigenvalue weighted by Gasteiger charge is 1.99. The Morgan fingerprint density at radius 3 is 2.36 bits per heavy atom. The number of carboxylic acids is 1. The molecule has 0 aliphatic carbocycles. The minimum Gasteiger partial charge on any atom is -0.478 e. The maximum absolute atomic E-state index is 10.5. The van der Waals surface area contributed by atoms with Gasteiger partial charge in [0, 0.05) is 5.56 Å². The summed E-state index contributed by atoms with van der Waals surface area (Å²) in [7, 11) is 0. The highest BCUT2D eigenvalue weighted by Crippen LogP contribution is 2.02. The SMILES string of the molecule is Cl.NCC#Cc1ccc(C(=O)O)cc1. The van der Waals surface area contributed by atoms with Gasteiger partial charge in [-0.25, -0.2) is 4.79 Å². The molecule has 0 saturated carbocycles. The third-order valence-electron chi connectivity index (χ3n) is 1.47. The molecule has 0 amide bonds. The van der Waals surface area contributed by atoms with E-state index < -0.39 is 5.97 Å². The molecular formula is C10H10ClNO2. The molecule has 1 aromatic carbocycles. The van der Waals surface area contributed by atoms with E-state index in [0.717, 1.165) is 5.56 Å². The normalized spacial score (nSPS) is 8.07. The maximum Gasteiger partial charge on any atom is 0.335 e. The van der Waals surface area contributed by atoms with Crippen molar-refractivity contribution in [1.82, 2.24) is 0 Å². The number of aromatic carboxylic acids is 1. The quantitative estimate of drug-likeness (QED) is 0.685. The van der Waals surface area contributed by atoms with Crippen molar-refractivity contribution in [3.63, 3.8) is 0 Å². The number of carboxylic acid groups (broad SMARTS) is 1. The van der Waals surface area contributed by atoms with E-state index in [-0.39, 0.29) is 18.0 Å². The molecule has 0 aliphatic rings. The van der Waals surface area contributed by atoms with Gasteiger partial charge in [-0.1, -0.05) is 11.8 Å². The summed E-state index contributed by atoms with van der Waals surface area (Å²) in [5.41, 5.74) is 6.22. The van der Waals surface area contributed by atoms with Gasteiger partial charge in [-0.3, -0.25) is 0 Å². The molecule has 3 N–H and O–H groups in total. The number of benzene rings is 1. The van der Waals surface area contributed by atoms with E-state index in [9.17, 15) is 4.79 Å². The van der Waals surface area contributed by atoms with Crippen molar-refractivity contribution < 1.29 is 9.90 Å². The lowest BCUT2D eigenvalue weighted by Crippen LogP contribution is -1.95. The fourth-order valence-corrected chi connectivity index (χ4v) is 0.849. The fraction of sp³-hybridized carbons (Fsp3) is 0.100. The molecular weight excluding hydrogens is 202 g/mol. The monoisotopic (exact) mass is 211 g/mol. The lowest BCUT2D eigenvalue weighted by atomic mass is 10.1. The van der Waals surface area contributed by atoms with Gasteiger partial charge < -0.3 is 10.8 Å². The number of hydrogen-bond donors (Lipinski definition) is 2. The van der Waals surface area contributed by atoms with Gasteiger partial charge in [-0.05, 0) is 24.3 Å². The van der Waals surface area contributed by atoms with Crippen molar-refractivity contribution in [2.75, 3.05) is 6.54 Å². The lowest BCUT2D eigenvalue weighted by molar-refractivity contribution is 0.0697. The number of rotatable bonds is 1. The van der Waals surface area contributed by atoms with E-state index in [1.165, 1.54) is 12.1 Å². The van der Waals surface area contributed by atoms with Crippen LogP contribution in [0.1, 0.15) is 15.9 Å². The van der Waals surface area contributed by atoms with E-state index in [1.54, 1.807) is 12.1 Å². The van der Waals surface area contributed by atoms with Gasteiger partial charge in [0.05, 0.1) is 12.1 Å². The first-order valence-electron chi connectivity index (χ1n) is 3.76. The van der Waals surface area contributed by atoms with Gasteiger partial charge in [-0.15, -0.1) is 12.4 Å². The van der Waals surface area contributed by atoms with Crippen molar-refractivity contribution >= 4 is 18.4 Å². The Morgan fingerprint density at radius 2 is 1.93 bits per heavy atom. The molecule has 4 heteroatoms. The van der Waals surface area contributed by atoms with E-state index >= 15 is 0 Å². The molecule has 0 bridgehead atoms. The Kier molecular flexibility index (Phi) is 5.38. The van der Waals surface area contributed by atoms with Crippen LogP contribution in [0.2, 0.25) is 0 Å². The smallest absolute Gasteiger partial charge is 0.335 e. The first-order chi connectivity index (χ1) is 6.24. The molecule has 3 nitrogen and oxygen atoms in total. The Hall–Kier alpha value is -1.50. The molecule has 0 unspecified atom stereocenters. The van der Waals surface area contributed by atoms with E-state index in [2.05, 4.69) is 11.8 Å².